The highest BCUT2D eigenvalue weighted by molar-refractivity contribution is 9.10. The predicted octanol–water partition coefficient (Wildman–Crippen LogP) is 2.75. The van der Waals surface area contributed by atoms with Crippen molar-refractivity contribution < 1.29 is 13.2 Å². The van der Waals surface area contributed by atoms with Gasteiger partial charge in [-0.05, 0) is 49.2 Å². The molecule has 0 radical (unpaired) electrons. The molecule has 0 spiro atoms. The minimum atomic E-state index is -3.71. The van der Waals surface area contributed by atoms with Gasteiger partial charge in [0.25, 0.3) is 0 Å². The molecule has 8 heteroatoms. The number of carbonyl (C=O) groups excluding carboxylic acids is 1. The zero-order valence-electron chi connectivity index (χ0n) is 14.8. The van der Waals surface area contributed by atoms with Crippen LogP contribution in [-0.2, 0) is 21.2 Å². The van der Waals surface area contributed by atoms with E-state index in [2.05, 4.69) is 26.2 Å². The number of benzene rings is 1. The van der Waals surface area contributed by atoms with Gasteiger partial charge in [-0.1, -0.05) is 28.4 Å². The number of piperidine rings is 1. The number of nitrogens with zero attached hydrogens (tertiary/aromatic N) is 2. The molecule has 1 aromatic carbocycles. The van der Waals surface area contributed by atoms with Crippen molar-refractivity contribution in [3.05, 3.63) is 58.8 Å². The molecule has 0 bridgehead atoms. The Bertz CT molecular complexity index is 873. The normalized spacial score (nSPS) is 18.2. The van der Waals surface area contributed by atoms with Gasteiger partial charge in [0, 0.05) is 35.9 Å². The fourth-order valence-corrected chi connectivity index (χ4v) is 5.10. The predicted molar refractivity (Wildman–Crippen MR) is 107 cm³/mol. The van der Waals surface area contributed by atoms with Gasteiger partial charge in [0.1, 0.15) is 6.04 Å². The first-order valence-electron chi connectivity index (χ1n) is 8.93. The SMILES string of the molecule is O=C(NCCc1ccccn1)[C@@H]1CCCCN1S(=O)(=O)c1ccc(Br)cc1. The van der Waals surface area contributed by atoms with E-state index in [0.717, 1.165) is 23.0 Å². The molecule has 1 N–H and O–H groups in total. The van der Waals surface area contributed by atoms with Crippen LogP contribution in [0.2, 0.25) is 0 Å². The largest absolute Gasteiger partial charge is 0.354 e. The van der Waals surface area contributed by atoms with Crippen molar-refractivity contribution in [1.82, 2.24) is 14.6 Å². The molecule has 1 saturated heterocycles. The summed E-state index contributed by atoms with van der Waals surface area (Å²) < 4.78 is 28.2. The lowest BCUT2D eigenvalue weighted by molar-refractivity contribution is -0.125. The second-order valence-corrected chi connectivity index (χ2v) is 9.25. The highest BCUT2D eigenvalue weighted by atomic mass is 79.9. The monoisotopic (exact) mass is 451 g/mol. The van der Waals surface area contributed by atoms with Crippen LogP contribution in [0.3, 0.4) is 0 Å². The molecule has 6 nitrogen and oxygen atoms in total. The topological polar surface area (TPSA) is 79.4 Å². The Hall–Kier alpha value is -1.77. The minimum absolute atomic E-state index is 0.207. The van der Waals surface area contributed by atoms with Crippen LogP contribution in [0.4, 0.5) is 0 Å². The molecule has 2 aromatic rings. The van der Waals surface area contributed by atoms with Crippen LogP contribution in [0, 0.1) is 0 Å². The summed E-state index contributed by atoms with van der Waals surface area (Å²) in [7, 11) is -3.71. The summed E-state index contributed by atoms with van der Waals surface area (Å²) in [5.41, 5.74) is 0.890. The van der Waals surface area contributed by atoms with Gasteiger partial charge >= 0.3 is 0 Å². The van der Waals surface area contributed by atoms with Crippen molar-refractivity contribution in [2.24, 2.45) is 0 Å². The van der Waals surface area contributed by atoms with E-state index < -0.39 is 16.1 Å². The molecular weight excluding hydrogens is 430 g/mol. The van der Waals surface area contributed by atoms with E-state index in [-0.39, 0.29) is 10.8 Å². The average molecular weight is 452 g/mol. The first-order chi connectivity index (χ1) is 13.0. The van der Waals surface area contributed by atoms with Crippen molar-refractivity contribution in [2.45, 2.75) is 36.6 Å². The summed E-state index contributed by atoms with van der Waals surface area (Å²) in [6.45, 7) is 0.787. The van der Waals surface area contributed by atoms with Crippen LogP contribution in [0.25, 0.3) is 0 Å². The third-order valence-corrected chi connectivity index (χ3v) is 7.03. The molecule has 1 aliphatic heterocycles. The number of pyridine rings is 1. The summed E-state index contributed by atoms with van der Waals surface area (Å²) in [5, 5.41) is 2.87. The van der Waals surface area contributed by atoms with Gasteiger partial charge in [-0.3, -0.25) is 9.78 Å². The van der Waals surface area contributed by atoms with Crippen molar-refractivity contribution in [1.29, 1.82) is 0 Å². The molecule has 144 valence electrons. The number of hydrogen-bond donors (Lipinski definition) is 1. The molecule has 3 rings (SSSR count). The van der Waals surface area contributed by atoms with Gasteiger partial charge in [-0.2, -0.15) is 4.31 Å². The van der Waals surface area contributed by atoms with Gasteiger partial charge in [0.05, 0.1) is 4.90 Å². The lowest BCUT2D eigenvalue weighted by atomic mass is 10.0. The van der Waals surface area contributed by atoms with Crippen molar-refractivity contribution in [2.75, 3.05) is 13.1 Å². The number of nitrogens with one attached hydrogen (secondary N) is 1. The van der Waals surface area contributed by atoms with E-state index in [1.165, 1.54) is 4.31 Å². The second-order valence-electron chi connectivity index (χ2n) is 6.44. The first kappa shape index (κ1) is 20.0. The Kier molecular flexibility index (Phi) is 6.62. The van der Waals surface area contributed by atoms with E-state index in [9.17, 15) is 13.2 Å². The van der Waals surface area contributed by atoms with E-state index in [1.807, 2.05) is 18.2 Å². The summed E-state index contributed by atoms with van der Waals surface area (Å²) >= 11 is 3.31. The van der Waals surface area contributed by atoms with Gasteiger partial charge in [-0.15, -0.1) is 0 Å². The number of carbonyl (C=O) groups is 1. The van der Waals surface area contributed by atoms with Gasteiger partial charge in [0.15, 0.2) is 0 Å². The van der Waals surface area contributed by atoms with E-state index in [4.69, 9.17) is 0 Å². The Morgan fingerprint density at radius 2 is 1.96 bits per heavy atom. The maximum atomic E-state index is 13.0. The number of halogens is 1. The van der Waals surface area contributed by atoms with Crippen LogP contribution < -0.4 is 5.32 Å². The maximum Gasteiger partial charge on any atom is 0.243 e. The minimum Gasteiger partial charge on any atom is -0.354 e. The van der Waals surface area contributed by atoms with Crippen LogP contribution >= 0.6 is 15.9 Å². The lowest BCUT2D eigenvalue weighted by Gasteiger charge is -2.33. The highest BCUT2D eigenvalue weighted by Crippen LogP contribution is 2.26. The Morgan fingerprint density at radius 1 is 1.19 bits per heavy atom. The molecule has 1 amide bonds. The van der Waals surface area contributed by atoms with E-state index in [0.29, 0.717) is 25.9 Å². The number of amides is 1. The maximum absolute atomic E-state index is 13.0. The number of aromatic nitrogens is 1. The molecule has 0 saturated carbocycles. The fraction of sp³-hybridized carbons (Fsp3) is 0.368. The van der Waals surface area contributed by atoms with Crippen molar-refractivity contribution in [3.8, 4) is 0 Å². The van der Waals surface area contributed by atoms with Crippen molar-refractivity contribution in [3.63, 3.8) is 0 Å². The van der Waals surface area contributed by atoms with Gasteiger partial charge in [0.2, 0.25) is 15.9 Å². The van der Waals surface area contributed by atoms with Crippen LogP contribution in [0.1, 0.15) is 25.0 Å². The number of hydrogen-bond acceptors (Lipinski definition) is 4. The standard InChI is InChI=1S/C19H22BrN3O3S/c20-15-7-9-17(10-8-15)27(25,26)23-14-4-2-6-18(23)19(24)22-13-11-16-5-1-3-12-21-16/h1,3,5,7-10,12,18H,2,4,6,11,13-14H2,(H,22,24)/t18-/m0/s1. The third-order valence-electron chi connectivity index (χ3n) is 4.58. The Balaban J connectivity index is 1.69. The number of sulfonamides is 1. The zero-order valence-corrected chi connectivity index (χ0v) is 17.2. The van der Waals surface area contributed by atoms with Crippen LogP contribution in [0.15, 0.2) is 58.0 Å². The van der Waals surface area contributed by atoms with E-state index in [1.54, 1.807) is 30.5 Å². The molecule has 1 aliphatic rings. The zero-order chi connectivity index (χ0) is 19.3. The molecule has 1 fully saturated rings. The summed E-state index contributed by atoms with van der Waals surface area (Å²) in [4.78, 5) is 17.1. The molecule has 1 aromatic heterocycles. The van der Waals surface area contributed by atoms with Gasteiger partial charge < -0.3 is 5.32 Å². The molecule has 0 unspecified atom stereocenters. The average Bonchev–Trinajstić information content (AvgIpc) is 2.69. The highest BCUT2D eigenvalue weighted by Gasteiger charge is 2.37. The molecule has 1 atom stereocenters. The van der Waals surface area contributed by atoms with Gasteiger partial charge in [-0.25, -0.2) is 8.42 Å². The summed E-state index contributed by atoms with van der Waals surface area (Å²) in [5.74, 6) is -0.244. The van der Waals surface area contributed by atoms with Crippen molar-refractivity contribution >= 4 is 31.9 Å². The molecule has 2 heterocycles. The molecular formula is C19H22BrN3O3S. The van der Waals surface area contributed by atoms with E-state index >= 15 is 0 Å². The fourth-order valence-electron chi connectivity index (χ4n) is 3.17. The number of rotatable bonds is 6. The van der Waals surface area contributed by atoms with Crippen LogP contribution in [-0.4, -0.2) is 42.7 Å². The lowest BCUT2D eigenvalue weighted by Crippen LogP contribution is -2.52. The Morgan fingerprint density at radius 3 is 2.67 bits per heavy atom. The second kappa shape index (κ2) is 8.95. The van der Waals surface area contributed by atoms with Crippen LogP contribution in [0.5, 0.6) is 0 Å². The molecule has 27 heavy (non-hydrogen) atoms. The first-order valence-corrected chi connectivity index (χ1v) is 11.2. The Labute approximate surface area is 168 Å². The quantitative estimate of drug-likeness (QED) is 0.731. The smallest absolute Gasteiger partial charge is 0.243 e. The molecule has 0 aliphatic carbocycles. The third kappa shape index (κ3) is 4.94. The summed E-state index contributed by atoms with van der Waals surface area (Å²) in [6.07, 6.45) is 4.45. The summed E-state index contributed by atoms with van der Waals surface area (Å²) in [6, 6.07) is 11.5.